The Balaban J connectivity index is 2.05. The van der Waals surface area contributed by atoms with E-state index in [1.54, 1.807) is 26.4 Å². The maximum atomic E-state index is 10.6. The Morgan fingerprint density at radius 3 is 2.67 bits per heavy atom. The predicted octanol–water partition coefficient (Wildman–Crippen LogP) is 2.68. The molecule has 2 heterocycles. The average molecular weight is 346 g/mol. The maximum Gasteiger partial charge on any atom is 0.147 e. The van der Waals surface area contributed by atoms with Crippen LogP contribution >= 0.6 is 11.6 Å². The molecule has 1 atom stereocenters. The zero-order valence-electron chi connectivity index (χ0n) is 13.3. The van der Waals surface area contributed by atoms with E-state index in [4.69, 9.17) is 26.3 Å². The summed E-state index contributed by atoms with van der Waals surface area (Å²) in [4.78, 5) is 6.13. The lowest BCUT2D eigenvalue weighted by Gasteiger charge is -2.35. The van der Waals surface area contributed by atoms with Crippen molar-refractivity contribution in [2.45, 2.75) is 12.6 Å². The Bertz CT molecular complexity index is 819. The SMILES string of the molecule is COc1ccc(OC)c2c1CN(c1ncc(C#N)cc1Cl)C[C@H]2O. The molecule has 7 heteroatoms. The third kappa shape index (κ3) is 2.73. The Morgan fingerprint density at radius 2 is 2.04 bits per heavy atom. The number of rotatable bonds is 3. The molecule has 2 aromatic rings. The first-order valence-electron chi connectivity index (χ1n) is 7.31. The largest absolute Gasteiger partial charge is 0.496 e. The van der Waals surface area contributed by atoms with E-state index >= 15 is 0 Å². The van der Waals surface area contributed by atoms with Crippen molar-refractivity contribution in [2.75, 3.05) is 25.7 Å². The highest BCUT2D eigenvalue weighted by Crippen LogP contribution is 2.41. The van der Waals surface area contributed by atoms with E-state index in [1.807, 2.05) is 17.0 Å². The van der Waals surface area contributed by atoms with Crippen LogP contribution in [0.5, 0.6) is 11.5 Å². The van der Waals surface area contributed by atoms with Crippen molar-refractivity contribution >= 4 is 17.4 Å². The van der Waals surface area contributed by atoms with Crippen molar-refractivity contribution in [3.63, 3.8) is 0 Å². The molecule has 0 fully saturated rings. The summed E-state index contributed by atoms with van der Waals surface area (Å²) in [6, 6.07) is 7.16. The minimum atomic E-state index is -0.771. The molecule has 0 aliphatic carbocycles. The molecule has 124 valence electrons. The Labute approximate surface area is 144 Å². The Kier molecular flexibility index (Phi) is 4.47. The van der Waals surface area contributed by atoms with Gasteiger partial charge in [0.15, 0.2) is 0 Å². The number of fused-ring (bicyclic) bond motifs is 1. The fourth-order valence-corrected chi connectivity index (χ4v) is 3.25. The zero-order valence-corrected chi connectivity index (χ0v) is 14.0. The van der Waals surface area contributed by atoms with Gasteiger partial charge in [0.25, 0.3) is 0 Å². The molecular weight excluding hydrogens is 330 g/mol. The number of ether oxygens (including phenoxy) is 2. The van der Waals surface area contributed by atoms with Gasteiger partial charge in [-0.2, -0.15) is 5.26 Å². The van der Waals surface area contributed by atoms with Gasteiger partial charge in [-0.05, 0) is 18.2 Å². The van der Waals surface area contributed by atoms with E-state index in [-0.39, 0.29) is 0 Å². The van der Waals surface area contributed by atoms with Crippen molar-refractivity contribution in [2.24, 2.45) is 0 Å². The lowest BCUT2D eigenvalue weighted by Crippen LogP contribution is -2.35. The van der Waals surface area contributed by atoms with Crippen molar-refractivity contribution < 1.29 is 14.6 Å². The van der Waals surface area contributed by atoms with Crippen LogP contribution in [0.2, 0.25) is 5.02 Å². The first-order chi connectivity index (χ1) is 11.6. The van der Waals surface area contributed by atoms with Gasteiger partial charge in [0, 0.05) is 23.9 Å². The van der Waals surface area contributed by atoms with Gasteiger partial charge in [0.1, 0.15) is 29.5 Å². The highest BCUT2D eigenvalue weighted by atomic mass is 35.5. The number of aliphatic hydroxyl groups is 1. The number of pyridine rings is 1. The van der Waals surface area contributed by atoms with Crippen LogP contribution in [0.3, 0.4) is 0 Å². The number of benzene rings is 1. The molecule has 0 spiro atoms. The second-order valence-corrected chi connectivity index (χ2v) is 5.81. The molecule has 0 bridgehead atoms. The van der Waals surface area contributed by atoms with Gasteiger partial charge in [-0.1, -0.05) is 11.6 Å². The number of β-amino-alcohol motifs (C(OH)–C–C–N with tert-alkyl or cyclic N) is 1. The number of nitrogens with zero attached hydrogens (tertiary/aromatic N) is 3. The number of aliphatic hydroxyl groups excluding tert-OH is 1. The Hall–Kier alpha value is -2.49. The minimum absolute atomic E-state index is 0.315. The van der Waals surface area contributed by atoms with E-state index in [2.05, 4.69) is 4.98 Å². The van der Waals surface area contributed by atoms with Gasteiger partial charge >= 0.3 is 0 Å². The van der Waals surface area contributed by atoms with Crippen LogP contribution in [0.1, 0.15) is 22.8 Å². The van der Waals surface area contributed by atoms with Gasteiger partial charge in [0.2, 0.25) is 0 Å². The highest BCUT2D eigenvalue weighted by molar-refractivity contribution is 6.33. The van der Waals surface area contributed by atoms with Crippen LogP contribution in [-0.2, 0) is 6.54 Å². The number of methoxy groups -OCH3 is 2. The van der Waals surface area contributed by atoms with Gasteiger partial charge < -0.3 is 19.5 Å². The molecule has 0 unspecified atom stereocenters. The van der Waals surface area contributed by atoms with Crippen LogP contribution in [0, 0.1) is 11.3 Å². The third-order valence-electron chi connectivity index (χ3n) is 4.04. The van der Waals surface area contributed by atoms with E-state index in [1.165, 1.54) is 6.20 Å². The zero-order chi connectivity index (χ0) is 17.3. The predicted molar refractivity (Wildman–Crippen MR) is 89.5 cm³/mol. The molecular formula is C17H16ClN3O3. The number of aromatic nitrogens is 1. The molecule has 1 aromatic heterocycles. The summed E-state index contributed by atoms with van der Waals surface area (Å²) in [5, 5.41) is 19.9. The lowest BCUT2D eigenvalue weighted by atomic mass is 9.95. The van der Waals surface area contributed by atoms with Crippen LogP contribution < -0.4 is 14.4 Å². The molecule has 3 rings (SSSR count). The molecule has 1 aliphatic rings. The van der Waals surface area contributed by atoms with Crippen LogP contribution in [0.4, 0.5) is 5.82 Å². The van der Waals surface area contributed by atoms with Crippen LogP contribution in [0.15, 0.2) is 24.4 Å². The average Bonchev–Trinajstić information content (AvgIpc) is 2.60. The van der Waals surface area contributed by atoms with Gasteiger partial charge in [-0.25, -0.2) is 4.98 Å². The monoisotopic (exact) mass is 345 g/mol. The summed E-state index contributed by atoms with van der Waals surface area (Å²) in [5.74, 6) is 1.81. The molecule has 0 amide bonds. The fourth-order valence-electron chi connectivity index (χ4n) is 2.96. The highest BCUT2D eigenvalue weighted by Gasteiger charge is 2.31. The fraction of sp³-hybridized carbons (Fsp3) is 0.294. The molecule has 0 saturated carbocycles. The summed E-state index contributed by atoms with van der Waals surface area (Å²) < 4.78 is 10.8. The van der Waals surface area contributed by atoms with Gasteiger partial charge in [-0.15, -0.1) is 0 Å². The van der Waals surface area contributed by atoms with E-state index in [0.717, 1.165) is 11.1 Å². The maximum absolute atomic E-state index is 10.6. The summed E-state index contributed by atoms with van der Waals surface area (Å²) >= 11 is 6.26. The van der Waals surface area contributed by atoms with Gasteiger partial charge in [0.05, 0.1) is 31.4 Å². The standard InChI is InChI=1S/C17H16ClN3O3/c1-23-14-3-4-15(24-2)16-11(14)8-21(9-13(16)22)17-12(18)5-10(6-19)7-20-17/h3-5,7,13,22H,8-9H2,1-2H3/t13-/m1/s1. The first kappa shape index (κ1) is 16.4. The van der Waals surface area contributed by atoms with E-state index in [0.29, 0.717) is 41.0 Å². The van der Waals surface area contributed by atoms with Crippen molar-refractivity contribution in [1.29, 1.82) is 5.26 Å². The summed E-state index contributed by atoms with van der Waals surface area (Å²) in [6.45, 7) is 0.778. The molecule has 0 radical (unpaired) electrons. The molecule has 0 saturated heterocycles. The smallest absolute Gasteiger partial charge is 0.147 e. The Morgan fingerprint density at radius 1 is 1.33 bits per heavy atom. The normalized spacial score (nSPS) is 16.3. The second-order valence-electron chi connectivity index (χ2n) is 5.40. The summed E-state index contributed by atoms with van der Waals surface area (Å²) in [5.41, 5.74) is 1.94. The van der Waals surface area contributed by atoms with Crippen LogP contribution in [-0.4, -0.2) is 30.9 Å². The van der Waals surface area contributed by atoms with Crippen molar-refractivity contribution in [3.8, 4) is 17.6 Å². The molecule has 1 aliphatic heterocycles. The number of hydrogen-bond donors (Lipinski definition) is 1. The van der Waals surface area contributed by atoms with E-state index < -0.39 is 6.10 Å². The molecule has 1 N–H and O–H groups in total. The number of anilines is 1. The van der Waals surface area contributed by atoms with Gasteiger partial charge in [-0.3, -0.25) is 0 Å². The lowest BCUT2D eigenvalue weighted by molar-refractivity contribution is 0.169. The summed E-state index contributed by atoms with van der Waals surface area (Å²) in [6.07, 6.45) is 0.693. The molecule has 24 heavy (non-hydrogen) atoms. The molecule has 1 aromatic carbocycles. The van der Waals surface area contributed by atoms with E-state index in [9.17, 15) is 5.11 Å². The number of halogens is 1. The minimum Gasteiger partial charge on any atom is -0.496 e. The summed E-state index contributed by atoms with van der Waals surface area (Å²) in [7, 11) is 3.15. The third-order valence-corrected chi connectivity index (χ3v) is 4.32. The topological polar surface area (TPSA) is 78.6 Å². The first-order valence-corrected chi connectivity index (χ1v) is 7.69. The van der Waals surface area contributed by atoms with Crippen LogP contribution in [0.25, 0.3) is 0 Å². The number of hydrogen-bond acceptors (Lipinski definition) is 6. The van der Waals surface area contributed by atoms with Crippen molar-refractivity contribution in [1.82, 2.24) is 4.98 Å². The quantitative estimate of drug-likeness (QED) is 0.921. The second kappa shape index (κ2) is 6.56. The number of nitriles is 1. The molecule has 6 nitrogen and oxygen atoms in total. The van der Waals surface area contributed by atoms with Crippen molar-refractivity contribution in [3.05, 3.63) is 46.1 Å².